The maximum Gasteiger partial charge on any atom is 0.133 e. The van der Waals surface area contributed by atoms with Crippen LogP contribution in [0, 0.1) is 0 Å². The number of pyridine rings is 1. The summed E-state index contributed by atoms with van der Waals surface area (Å²) in [6, 6.07) is 3.76. The number of nitrogens with zero attached hydrogens (tertiary/aromatic N) is 2. The largest absolute Gasteiger partial charge is 0.392 e. The van der Waals surface area contributed by atoms with E-state index < -0.39 is 0 Å². The Morgan fingerprint density at radius 3 is 2.93 bits per heavy atom. The molecule has 0 spiro atoms. The maximum absolute atomic E-state index is 9.13. The number of hydrogen-bond acceptors (Lipinski definition) is 3. The molecular weight excluding hydrogens is 176 g/mol. The highest BCUT2D eigenvalue weighted by Crippen LogP contribution is 2.15. The van der Waals surface area contributed by atoms with Gasteiger partial charge in [-0.25, -0.2) is 4.98 Å². The average Bonchev–Trinajstić information content (AvgIpc) is 2.25. The van der Waals surface area contributed by atoms with Crippen LogP contribution in [0.1, 0.15) is 25.3 Å². The third kappa shape index (κ3) is 2.70. The van der Waals surface area contributed by atoms with E-state index in [9.17, 15) is 0 Å². The monoisotopic (exact) mass is 194 g/mol. The normalized spacial score (nSPS) is 10.2. The Bertz CT molecular complexity index is 276. The van der Waals surface area contributed by atoms with Crippen molar-refractivity contribution < 1.29 is 5.11 Å². The first kappa shape index (κ1) is 11.0. The fraction of sp³-hybridized carbons (Fsp3) is 0.545. The van der Waals surface area contributed by atoms with Gasteiger partial charge in [0.05, 0.1) is 6.61 Å². The summed E-state index contributed by atoms with van der Waals surface area (Å²) in [5.74, 6) is 0.892. The van der Waals surface area contributed by atoms with Crippen molar-refractivity contribution in [2.75, 3.05) is 18.5 Å². The van der Waals surface area contributed by atoms with E-state index in [-0.39, 0.29) is 6.61 Å². The summed E-state index contributed by atoms with van der Waals surface area (Å²) in [5, 5.41) is 9.13. The first-order valence-corrected chi connectivity index (χ1v) is 5.05. The number of aromatic nitrogens is 1. The van der Waals surface area contributed by atoms with Crippen LogP contribution in [-0.4, -0.2) is 23.7 Å². The molecule has 0 saturated carbocycles. The average molecular weight is 194 g/mol. The van der Waals surface area contributed by atoms with Gasteiger partial charge < -0.3 is 10.0 Å². The quantitative estimate of drug-likeness (QED) is 0.776. The molecular formula is C11H18N2O. The summed E-state index contributed by atoms with van der Waals surface area (Å²) in [6.45, 7) is 3.21. The summed E-state index contributed by atoms with van der Waals surface area (Å²) in [7, 11) is 2.01. The molecule has 0 fully saturated rings. The van der Waals surface area contributed by atoms with E-state index in [0.29, 0.717) is 0 Å². The van der Waals surface area contributed by atoms with E-state index in [0.717, 1.165) is 24.3 Å². The van der Waals surface area contributed by atoms with Gasteiger partial charge in [0.25, 0.3) is 0 Å². The van der Waals surface area contributed by atoms with Crippen molar-refractivity contribution in [2.45, 2.75) is 26.4 Å². The van der Waals surface area contributed by atoms with Gasteiger partial charge in [-0.3, -0.25) is 0 Å². The van der Waals surface area contributed by atoms with Gasteiger partial charge in [-0.2, -0.15) is 0 Å². The van der Waals surface area contributed by atoms with E-state index >= 15 is 0 Å². The Kier molecular flexibility index (Phi) is 4.40. The summed E-state index contributed by atoms with van der Waals surface area (Å²) < 4.78 is 0. The minimum Gasteiger partial charge on any atom is -0.392 e. The summed E-state index contributed by atoms with van der Waals surface area (Å²) in [5.41, 5.74) is 0.895. The molecule has 0 aliphatic carbocycles. The van der Waals surface area contributed by atoms with Crippen molar-refractivity contribution in [1.29, 1.82) is 0 Å². The molecule has 1 aromatic rings. The zero-order chi connectivity index (χ0) is 10.4. The van der Waals surface area contributed by atoms with Crippen molar-refractivity contribution in [3.63, 3.8) is 0 Å². The molecule has 1 rings (SSSR count). The van der Waals surface area contributed by atoms with Crippen molar-refractivity contribution in [2.24, 2.45) is 0 Å². The number of unbranched alkanes of at least 4 members (excludes halogenated alkanes) is 1. The van der Waals surface area contributed by atoms with Gasteiger partial charge >= 0.3 is 0 Å². The van der Waals surface area contributed by atoms with Crippen LogP contribution in [0.5, 0.6) is 0 Å². The predicted molar refractivity (Wildman–Crippen MR) is 58.3 cm³/mol. The van der Waals surface area contributed by atoms with E-state index in [1.54, 1.807) is 6.20 Å². The van der Waals surface area contributed by atoms with Crippen LogP contribution in [0.25, 0.3) is 0 Å². The van der Waals surface area contributed by atoms with Crippen LogP contribution in [-0.2, 0) is 6.61 Å². The van der Waals surface area contributed by atoms with Crippen LogP contribution < -0.4 is 4.90 Å². The lowest BCUT2D eigenvalue weighted by Crippen LogP contribution is -2.21. The predicted octanol–water partition coefficient (Wildman–Crippen LogP) is 1.81. The fourth-order valence-corrected chi connectivity index (χ4v) is 1.40. The van der Waals surface area contributed by atoms with E-state index in [4.69, 9.17) is 5.11 Å². The molecule has 78 valence electrons. The molecule has 0 amide bonds. The lowest BCUT2D eigenvalue weighted by molar-refractivity contribution is 0.281. The summed E-state index contributed by atoms with van der Waals surface area (Å²) >= 11 is 0. The number of hydrogen-bond donors (Lipinski definition) is 1. The lowest BCUT2D eigenvalue weighted by Gasteiger charge is -2.19. The van der Waals surface area contributed by atoms with E-state index in [1.165, 1.54) is 6.42 Å². The molecule has 0 saturated heterocycles. The zero-order valence-electron chi connectivity index (χ0n) is 8.90. The van der Waals surface area contributed by atoms with Gasteiger partial charge in [0, 0.05) is 25.4 Å². The van der Waals surface area contributed by atoms with Crippen molar-refractivity contribution in [1.82, 2.24) is 4.98 Å². The second kappa shape index (κ2) is 5.60. The minimum atomic E-state index is 0.0552. The third-order valence-corrected chi connectivity index (χ3v) is 2.25. The molecule has 0 atom stereocenters. The van der Waals surface area contributed by atoms with Gasteiger partial charge in [-0.15, -0.1) is 0 Å². The van der Waals surface area contributed by atoms with E-state index in [2.05, 4.69) is 16.8 Å². The highest BCUT2D eigenvalue weighted by Gasteiger charge is 2.06. The van der Waals surface area contributed by atoms with E-state index in [1.807, 2.05) is 19.2 Å². The molecule has 0 aliphatic heterocycles. The molecule has 0 aliphatic rings. The van der Waals surface area contributed by atoms with Gasteiger partial charge in [0.15, 0.2) is 0 Å². The van der Waals surface area contributed by atoms with Crippen LogP contribution >= 0.6 is 0 Å². The number of aliphatic hydroxyl groups excluding tert-OH is 1. The smallest absolute Gasteiger partial charge is 0.133 e. The van der Waals surface area contributed by atoms with Crippen LogP contribution in [0.2, 0.25) is 0 Å². The third-order valence-electron chi connectivity index (χ3n) is 2.25. The first-order chi connectivity index (χ1) is 6.79. The van der Waals surface area contributed by atoms with Crippen molar-refractivity contribution in [3.05, 3.63) is 23.9 Å². The SMILES string of the molecule is CCCCN(C)c1ncccc1CO. The second-order valence-electron chi connectivity index (χ2n) is 3.42. The molecule has 1 aromatic heterocycles. The number of anilines is 1. The Morgan fingerprint density at radius 2 is 2.29 bits per heavy atom. The molecule has 3 heteroatoms. The Labute approximate surface area is 85.4 Å². The highest BCUT2D eigenvalue weighted by atomic mass is 16.3. The highest BCUT2D eigenvalue weighted by molar-refractivity contribution is 5.45. The Hall–Kier alpha value is -1.09. The van der Waals surface area contributed by atoms with Crippen molar-refractivity contribution in [3.8, 4) is 0 Å². The fourth-order valence-electron chi connectivity index (χ4n) is 1.40. The molecule has 0 bridgehead atoms. The summed E-state index contributed by atoms with van der Waals surface area (Å²) in [6.07, 6.45) is 4.08. The second-order valence-corrected chi connectivity index (χ2v) is 3.42. The Morgan fingerprint density at radius 1 is 1.50 bits per heavy atom. The molecule has 1 heterocycles. The molecule has 0 unspecified atom stereocenters. The standard InChI is InChI=1S/C11H18N2O/c1-3-4-8-13(2)11-10(9-14)6-5-7-12-11/h5-7,14H,3-4,8-9H2,1-2H3. The molecule has 0 radical (unpaired) electrons. The first-order valence-electron chi connectivity index (χ1n) is 5.05. The molecule has 0 aromatic carbocycles. The molecule has 1 N–H and O–H groups in total. The van der Waals surface area contributed by atoms with Gasteiger partial charge in [-0.1, -0.05) is 19.4 Å². The zero-order valence-corrected chi connectivity index (χ0v) is 8.90. The topological polar surface area (TPSA) is 36.4 Å². The van der Waals surface area contributed by atoms with Crippen molar-refractivity contribution >= 4 is 5.82 Å². The number of aliphatic hydroxyl groups is 1. The van der Waals surface area contributed by atoms with Gasteiger partial charge in [-0.05, 0) is 12.5 Å². The maximum atomic E-state index is 9.13. The number of rotatable bonds is 5. The molecule has 14 heavy (non-hydrogen) atoms. The summed E-state index contributed by atoms with van der Waals surface area (Å²) in [4.78, 5) is 6.36. The lowest BCUT2D eigenvalue weighted by atomic mass is 10.2. The van der Waals surface area contributed by atoms with Gasteiger partial charge in [0.1, 0.15) is 5.82 Å². The minimum absolute atomic E-state index is 0.0552. The molecule has 3 nitrogen and oxygen atoms in total. The van der Waals surface area contributed by atoms with Gasteiger partial charge in [0.2, 0.25) is 0 Å². The van der Waals surface area contributed by atoms with Crippen LogP contribution in [0.4, 0.5) is 5.82 Å². The Balaban J connectivity index is 2.72. The van der Waals surface area contributed by atoms with Crippen LogP contribution in [0.15, 0.2) is 18.3 Å². The van der Waals surface area contributed by atoms with Crippen LogP contribution in [0.3, 0.4) is 0 Å².